The number of para-hydroxylation sites is 1. The Kier molecular flexibility index (Phi) is 8.01. The number of aliphatic hydroxyl groups excluding tert-OH is 1. The zero-order valence-electron chi connectivity index (χ0n) is 17.9. The standard InChI is InChI=1S/C24H29F2NO5/c25-24(26,21-16-17-8-4-5-10-19(17)32-21)20(28)14-13-18-9-7-11-22(29)27(18)15-6-2-1-3-12-23(30)31/h4-5,8,10,13-14,16,18,20,28H,1-3,6-7,9,11-12,15H2,(H,30,31)/t18-,20-/m1/s1. The Hall–Kier alpha value is -2.74. The molecule has 1 fully saturated rings. The number of nitrogens with zero attached hydrogens (tertiary/aromatic N) is 1. The van der Waals surface area contributed by atoms with Crippen LogP contribution in [0.3, 0.4) is 0 Å². The van der Waals surface area contributed by atoms with Crippen molar-refractivity contribution >= 4 is 22.8 Å². The third-order valence-corrected chi connectivity index (χ3v) is 5.79. The fourth-order valence-electron chi connectivity index (χ4n) is 4.00. The van der Waals surface area contributed by atoms with Gasteiger partial charge in [-0.2, -0.15) is 8.78 Å². The van der Waals surface area contributed by atoms with Crippen LogP contribution in [0, 0.1) is 0 Å². The number of likely N-dealkylation sites (tertiary alicyclic amines) is 1. The second-order valence-corrected chi connectivity index (χ2v) is 8.21. The maximum Gasteiger partial charge on any atom is 0.333 e. The minimum absolute atomic E-state index is 0.0324. The summed E-state index contributed by atoms with van der Waals surface area (Å²) in [5.74, 6) is -5.06. The van der Waals surface area contributed by atoms with Crippen molar-refractivity contribution in [1.82, 2.24) is 4.90 Å². The molecule has 0 bridgehead atoms. The summed E-state index contributed by atoms with van der Waals surface area (Å²) in [7, 11) is 0. The SMILES string of the molecule is O=C(O)CCCCCCN1C(=O)CCC[C@@H]1C=C[C@@H](O)C(F)(F)c1cc2ccccc2o1. The molecular weight excluding hydrogens is 420 g/mol. The fraction of sp³-hybridized carbons (Fsp3) is 0.500. The number of aliphatic hydroxyl groups is 1. The number of rotatable bonds is 11. The summed E-state index contributed by atoms with van der Waals surface area (Å²) in [4.78, 5) is 24.6. The van der Waals surface area contributed by atoms with Crippen LogP contribution in [-0.2, 0) is 15.5 Å². The predicted octanol–water partition coefficient (Wildman–Crippen LogP) is 4.86. The van der Waals surface area contributed by atoms with E-state index in [-0.39, 0.29) is 18.4 Å². The molecule has 3 rings (SSSR count). The Morgan fingerprint density at radius 3 is 2.75 bits per heavy atom. The number of carbonyl (C=O) groups excluding carboxylic acids is 1. The van der Waals surface area contributed by atoms with E-state index in [1.807, 2.05) is 0 Å². The molecule has 1 aromatic carbocycles. The average molecular weight is 449 g/mol. The van der Waals surface area contributed by atoms with Crippen LogP contribution in [0.4, 0.5) is 8.78 Å². The van der Waals surface area contributed by atoms with Crippen LogP contribution in [0.15, 0.2) is 46.9 Å². The second kappa shape index (κ2) is 10.7. The molecule has 0 unspecified atom stereocenters. The van der Waals surface area contributed by atoms with E-state index in [4.69, 9.17) is 9.52 Å². The molecule has 0 radical (unpaired) electrons. The van der Waals surface area contributed by atoms with Crippen LogP contribution in [0.5, 0.6) is 0 Å². The second-order valence-electron chi connectivity index (χ2n) is 8.21. The molecule has 174 valence electrons. The molecule has 2 N–H and O–H groups in total. The van der Waals surface area contributed by atoms with E-state index < -0.39 is 23.8 Å². The van der Waals surface area contributed by atoms with Crippen LogP contribution in [0.25, 0.3) is 11.0 Å². The number of carboxylic acids is 1. The van der Waals surface area contributed by atoms with Crippen molar-refractivity contribution in [3.63, 3.8) is 0 Å². The minimum atomic E-state index is -3.61. The van der Waals surface area contributed by atoms with Gasteiger partial charge in [0.2, 0.25) is 5.91 Å². The van der Waals surface area contributed by atoms with Gasteiger partial charge in [-0.05, 0) is 37.8 Å². The lowest BCUT2D eigenvalue weighted by atomic mass is 9.99. The molecule has 6 nitrogen and oxygen atoms in total. The molecule has 2 atom stereocenters. The molecule has 0 spiro atoms. The largest absolute Gasteiger partial charge is 0.481 e. The Morgan fingerprint density at radius 1 is 1.25 bits per heavy atom. The number of furan rings is 1. The lowest BCUT2D eigenvalue weighted by molar-refractivity contribution is -0.137. The fourth-order valence-corrected chi connectivity index (χ4v) is 4.00. The monoisotopic (exact) mass is 449 g/mol. The highest BCUT2D eigenvalue weighted by atomic mass is 19.3. The number of fused-ring (bicyclic) bond motifs is 1. The van der Waals surface area contributed by atoms with Gasteiger partial charge in [-0.25, -0.2) is 0 Å². The summed E-state index contributed by atoms with van der Waals surface area (Å²) in [5, 5.41) is 19.4. The van der Waals surface area contributed by atoms with E-state index in [0.29, 0.717) is 49.6 Å². The molecule has 32 heavy (non-hydrogen) atoms. The van der Waals surface area contributed by atoms with Crippen molar-refractivity contribution in [1.29, 1.82) is 0 Å². The first kappa shape index (κ1) is 23.9. The van der Waals surface area contributed by atoms with Crippen LogP contribution >= 0.6 is 0 Å². The highest BCUT2D eigenvalue weighted by molar-refractivity contribution is 5.78. The zero-order valence-corrected chi connectivity index (χ0v) is 17.9. The summed E-state index contributed by atoms with van der Waals surface area (Å²) < 4.78 is 34.8. The van der Waals surface area contributed by atoms with E-state index in [1.54, 1.807) is 29.2 Å². The summed E-state index contributed by atoms with van der Waals surface area (Å²) in [5.41, 5.74) is 0.325. The smallest absolute Gasteiger partial charge is 0.333 e. The van der Waals surface area contributed by atoms with Gasteiger partial charge in [-0.1, -0.05) is 43.2 Å². The van der Waals surface area contributed by atoms with Gasteiger partial charge < -0.3 is 19.5 Å². The van der Waals surface area contributed by atoms with Gasteiger partial charge >= 0.3 is 11.9 Å². The number of halogens is 2. The minimum Gasteiger partial charge on any atom is -0.481 e. The number of aliphatic carboxylic acids is 1. The van der Waals surface area contributed by atoms with Crippen LogP contribution in [-0.4, -0.2) is 45.7 Å². The number of amides is 1. The summed E-state index contributed by atoms with van der Waals surface area (Å²) in [6, 6.07) is 7.53. The molecule has 2 heterocycles. The molecule has 0 saturated carbocycles. The first-order valence-corrected chi connectivity index (χ1v) is 11.0. The topological polar surface area (TPSA) is 91.0 Å². The number of unbranched alkanes of at least 4 members (excludes halogenated alkanes) is 3. The predicted molar refractivity (Wildman–Crippen MR) is 115 cm³/mol. The van der Waals surface area contributed by atoms with Crippen LogP contribution in [0.1, 0.15) is 57.1 Å². The Morgan fingerprint density at radius 2 is 2.00 bits per heavy atom. The molecule has 2 aromatic rings. The highest BCUT2D eigenvalue weighted by Gasteiger charge is 2.42. The average Bonchev–Trinajstić information content (AvgIpc) is 3.20. The van der Waals surface area contributed by atoms with Gasteiger partial charge in [0.1, 0.15) is 11.7 Å². The van der Waals surface area contributed by atoms with Crippen molar-refractivity contribution in [3.8, 4) is 0 Å². The summed E-state index contributed by atoms with van der Waals surface area (Å²) in [6.45, 7) is 0.483. The number of hydrogen-bond acceptors (Lipinski definition) is 4. The van der Waals surface area contributed by atoms with Gasteiger partial charge in [0.05, 0.1) is 6.04 Å². The Balaban J connectivity index is 1.60. The van der Waals surface area contributed by atoms with Crippen molar-refractivity contribution < 1.29 is 33.0 Å². The molecule has 1 aliphatic rings. The van der Waals surface area contributed by atoms with Crippen molar-refractivity contribution in [2.75, 3.05) is 6.54 Å². The number of carbonyl (C=O) groups is 2. The normalized spacial score (nSPS) is 18.5. The first-order valence-electron chi connectivity index (χ1n) is 11.0. The zero-order chi connectivity index (χ0) is 23.1. The Labute approximate surface area is 185 Å². The third kappa shape index (κ3) is 5.94. The number of piperidine rings is 1. The molecule has 8 heteroatoms. The Bertz CT molecular complexity index is 922. The van der Waals surface area contributed by atoms with E-state index in [2.05, 4.69) is 0 Å². The lowest BCUT2D eigenvalue weighted by Gasteiger charge is -2.34. The van der Waals surface area contributed by atoms with Gasteiger partial charge in [-0.3, -0.25) is 9.59 Å². The number of benzene rings is 1. The molecular formula is C24H29F2NO5. The summed E-state index contributed by atoms with van der Waals surface area (Å²) >= 11 is 0. The molecule has 1 amide bonds. The molecule has 0 aliphatic carbocycles. The van der Waals surface area contributed by atoms with Gasteiger partial charge in [0.15, 0.2) is 5.76 Å². The molecule has 1 aliphatic heterocycles. The first-order chi connectivity index (χ1) is 15.3. The summed E-state index contributed by atoms with van der Waals surface area (Å²) in [6.07, 6.45) is 5.17. The van der Waals surface area contributed by atoms with Gasteiger partial charge in [0, 0.05) is 24.8 Å². The van der Waals surface area contributed by atoms with E-state index in [0.717, 1.165) is 18.9 Å². The maximum absolute atomic E-state index is 14.8. The number of alkyl halides is 2. The van der Waals surface area contributed by atoms with E-state index in [9.17, 15) is 23.5 Å². The van der Waals surface area contributed by atoms with Crippen molar-refractivity contribution in [2.24, 2.45) is 0 Å². The van der Waals surface area contributed by atoms with Crippen LogP contribution in [0.2, 0.25) is 0 Å². The highest BCUT2D eigenvalue weighted by Crippen LogP contribution is 2.36. The quantitative estimate of drug-likeness (QED) is 0.378. The molecule has 1 aromatic heterocycles. The maximum atomic E-state index is 14.8. The third-order valence-electron chi connectivity index (χ3n) is 5.79. The van der Waals surface area contributed by atoms with Crippen LogP contribution < -0.4 is 0 Å². The number of carboxylic acid groups (broad SMARTS) is 1. The van der Waals surface area contributed by atoms with Gasteiger partial charge in [0.25, 0.3) is 0 Å². The number of hydrogen-bond donors (Lipinski definition) is 2. The van der Waals surface area contributed by atoms with E-state index >= 15 is 0 Å². The molecule has 1 saturated heterocycles. The van der Waals surface area contributed by atoms with Gasteiger partial charge in [-0.15, -0.1) is 0 Å². The van der Waals surface area contributed by atoms with Crippen molar-refractivity contribution in [2.45, 2.75) is 69.4 Å². The lowest BCUT2D eigenvalue weighted by Crippen LogP contribution is -2.43. The van der Waals surface area contributed by atoms with E-state index in [1.165, 1.54) is 12.1 Å². The van der Waals surface area contributed by atoms with Crippen molar-refractivity contribution in [3.05, 3.63) is 48.2 Å².